The van der Waals surface area contributed by atoms with Gasteiger partial charge < -0.3 is 10.5 Å². The van der Waals surface area contributed by atoms with Crippen LogP contribution in [0.15, 0.2) is 23.1 Å². The predicted molar refractivity (Wildman–Crippen MR) is 72.1 cm³/mol. The standard InChI is InChI=1S/C11H17ClN2O3S/c1-3-17-8(2)7-14-18(15,16)9-4-5-10(12)11(13)6-9/h4-6,8,14H,3,7,13H2,1-2H3. The number of halogens is 1. The van der Waals surface area contributed by atoms with Crippen molar-refractivity contribution >= 4 is 27.3 Å². The monoisotopic (exact) mass is 292 g/mol. The average Bonchev–Trinajstić information content (AvgIpc) is 2.30. The smallest absolute Gasteiger partial charge is 0.240 e. The third-order valence-electron chi connectivity index (χ3n) is 2.29. The van der Waals surface area contributed by atoms with Gasteiger partial charge in [-0.2, -0.15) is 0 Å². The molecule has 1 aromatic rings. The van der Waals surface area contributed by atoms with Crippen LogP contribution in [0.5, 0.6) is 0 Å². The molecular weight excluding hydrogens is 276 g/mol. The number of nitrogen functional groups attached to an aromatic ring is 1. The number of nitrogens with one attached hydrogen (secondary N) is 1. The number of sulfonamides is 1. The van der Waals surface area contributed by atoms with E-state index in [1.807, 2.05) is 6.92 Å². The summed E-state index contributed by atoms with van der Waals surface area (Å²) in [5.74, 6) is 0. The summed E-state index contributed by atoms with van der Waals surface area (Å²) in [5.41, 5.74) is 5.81. The summed E-state index contributed by atoms with van der Waals surface area (Å²) in [7, 11) is -3.58. The lowest BCUT2D eigenvalue weighted by atomic mass is 10.3. The van der Waals surface area contributed by atoms with Crippen LogP contribution in [0.1, 0.15) is 13.8 Å². The molecule has 7 heteroatoms. The third kappa shape index (κ3) is 4.13. The molecule has 0 saturated carbocycles. The Morgan fingerprint density at radius 2 is 2.17 bits per heavy atom. The normalized spacial score (nSPS) is 13.5. The van der Waals surface area contributed by atoms with Crippen LogP contribution < -0.4 is 10.5 Å². The third-order valence-corrected chi connectivity index (χ3v) is 4.06. The van der Waals surface area contributed by atoms with Gasteiger partial charge in [0.2, 0.25) is 10.0 Å². The fraction of sp³-hybridized carbons (Fsp3) is 0.455. The van der Waals surface area contributed by atoms with E-state index in [4.69, 9.17) is 22.1 Å². The molecule has 3 N–H and O–H groups in total. The van der Waals surface area contributed by atoms with Crippen molar-refractivity contribution in [3.63, 3.8) is 0 Å². The van der Waals surface area contributed by atoms with E-state index >= 15 is 0 Å². The molecule has 0 bridgehead atoms. The second kappa shape index (κ2) is 6.38. The SMILES string of the molecule is CCOC(C)CNS(=O)(=O)c1ccc(Cl)c(N)c1. The van der Waals surface area contributed by atoms with Crippen LogP contribution >= 0.6 is 11.6 Å². The molecule has 1 atom stereocenters. The summed E-state index contributed by atoms with van der Waals surface area (Å²) in [6.45, 7) is 4.39. The number of hydrogen-bond donors (Lipinski definition) is 2. The maximum atomic E-state index is 11.9. The van der Waals surface area contributed by atoms with Gasteiger partial charge in [-0.05, 0) is 32.0 Å². The Morgan fingerprint density at radius 3 is 2.72 bits per heavy atom. The van der Waals surface area contributed by atoms with E-state index in [1.165, 1.54) is 18.2 Å². The molecule has 0 fully saturated rings. The van der Waals surface area contributed by atoms with Gasteiger partial charge in [-0.3, -0.25) is 0 Å². The van der Waals surface area contributed by atoms with E-state index in [0.717, 1.165) is 0 Å². The van der Waals surface area contributed by atoms with Crippen LogP contribution in [0.4, 0.5) is 5.69 Å². The molecule has 0 aliphatic rings. The lowest BCUT2D eigenvalue weighted by Crippen LogP contribution is -2.32. The van der Waals surface area contributed by atoms with Crippen molar-refractivity contribution in [2.45, 2.75) is 24.8 Å². The first-order chi connectivity index (χ1) is 8.36. The molecule has 0 spiro atoms. The molecule has 1 unspecified atom stereocenters. The Kier molecular flexibility index (Phi) is 5.40. The highest BCUT2D eigenvalue weighted by atomic mass is 35.5. The van der Waals surface area contributed by atoms with Gasteiger partial charge in [-0.15, -0.1) is 0 Å². The highest BCUT2D eigenvalue weighted by Gasteiger charge is 2.16. The average molecular weight is 293 g/mol. The van der Waals surface area contributed by atoms with E-state index in [1.54, 1.807) is 6.92 Å². The van der Waals surface area contributed by atoms with Crippen LogP contribution in [-0.4, -0.2) is 27.7 Å². The van der Waals surface area contributed by atoms with E-state index in [-0.39, 0.29) is 23.2 Å². The van der Waals surface area contributed by atoms with Gasteiger partial charge in [0.1, 0.15) is 0 Å². The maximum Gasteiger partial charge on any atom is 0.240 e. The molecule has 0 heterocycles. The van der Waals surface area contributed by atoms with Gasteiger partial charge in [0, 0.05) is 13.2 Å². The second-order valence-corrected chi connectivity index (χ2v) is 5.98. The molecule has 0 amide bonds. The number of nitrogens with two attached hydrogens (primary N) is 1. The molecule has 5 nitrogen and oxygen atoms in total. The molecule has 0 aromatic heterocycles. The van der Waals surface area contributed by atoms with E-state index in [0.29, 0.717) is 11.6 Å². The van der Waals surface area contributed by atoms with Crippen LogP contribution in [-0.2, 0) is 14.8 Å². The molecule has 1 rings (SSSR count). The molecule has 18 heavy (non-hydrogen) atoms. The Labute approximate surface area is 112 Å². The van der Waals surface area contributed by atoms with Crippen molar-refractivity contribution in [2.24, 2.45) is 0 Å². The van der Waals surface area contributed by atoms with Crippen molar-refractivity contribution in [2.75, 3.05) is 18.9 Å². The largest absolute Gasteiger partial charge is 0.397 e. The van der Waals surface area contributed by atoms with Crippen molar-refractivity contribution < 1.29 is 13.2 Å². The molecule has 102 valence electrons. The summed E-state index contributed by atoms with van der Waals surface area (Å²) in [6, 6.07) is 4.19. The first-order valence-electron chi connectivity index (χ1n) is 5.53. The van der Waals surface area contributed by atoms with E-state index < -0.39 is 10.0 Å². The summed E-state index contributed by atoms with van der Waals surface area (Å²) in [5, 5.41) is 0.330. The van der Waals surface area contributed by atoms with Crippen LogP contribution in [0.3, 0.4) is 0 Å². The zero-order valence-electron chi connectivity index (χ0n) is 10.3. The minimum Gasteiger partial charge on any atom is -0.397 e. The summed E-state index contributed by atoms with van der Waals surface area (Å²) >= 11 is 5.74. The fourth-order valence-electron chi connectivity index (χ4n) is 1.34. The minimum atomic E-state index is -3.58. The van der Waals surface area contributed by atoms with Crippen LogP contribution in [0.2, 0.25) is 5.02 Å². The minimum absolute atomic E-state index is 0.0908. The Bertz CT molecular complexity index is 505. The maximum absolute atomic E-state index is 11.9. The fourth-order valence-corrected chi connectivity index (χ4v) is 2.61. The summed E-state index contributed by atoms with van der Waals surface area (Å²) < 4.78 is 31.6. The van der Waals surface area contributed by atoms with Gasteiger partial charge >= 0.3 is 0 Å². The zero-order chi connectivity index (χ0) is 13.8. The van der Waals surface area contributed by atoms with E-state index in [9.17, 15) is 8.42 Å². The number of benzene rings is 1. The van der Waals surface area contributed by atoms with Gasteiger partial charge in [-0.25, -0.2) is 13.1 Å². The predicted octanol–water partition coefficient (Wildman–Crippen LogP) is 1.63. The van der Waals surface area contributed by atoms with Crippen LogP contribution in [0, 0.1) is 0 Å². The molecule has 0 radical (unpaired) electrons. The van der Waals surface area contributed by atoms with Crippen molar-refractivity contribution in [1.82, 2.24) is 4.72 Å². The van der Waals surface area contributed by atoms with Gasteiger partial charge in [-0.1, -0.05) is 11.6 Å². The number of rotatable bonds is 6. The van der Waals surface area contributed by atoms with Crippen molar-refractivity contribution in [3.05, 3.63) is 23.2 Å². The van der Waals surface area contributed by atoms with Gasteiger partial charge in [0.25, 0.3) is 0 Å². The van der Waals surface area contributed by atoms with Gasteiger partial charge in [0.15, 0.2) is 0 Å². The first-order valence-corrected chi connectivity index (χ1v) is 7.39. The highest BCUT2D eigenvalue weighted by Crippen LogP contribution is 2.21. The lowest BCUT2D eigenvalue weighted by Gasteiger charge is -2.13. The highest BCUT2D eigenvalue weighted by molar-refractivity contribution is 7.89. The molecular formula is C11H17ClN2O3S. The van der Waals surface area contributed by atoms with E-state index in [2.05, 4.69) is 4.72 Å². The van der Waals surface area contributed by atoms with Crippen molar-refractivity contribution in [1.29, 1.82) is 0 Å². The summed E-state index contributed by atoms with van der Waals surface area (Å²) in [4.78, 5) is 0.0908. The zero-order valence-corrected chi connectivity index (χ0v) is 11.9. The Hall–Kier alpha value is -0.820. The summed E-state index contributed by atoms with van der Waals surface area (Å²) in [6.07, 6.45) is -0.186. The Morgan fingerprint density at radius 1 is 1.50 bits per heavy atom. The second-order valence-electron chi connectivity index (χ2n) is 3.80. The molecule has 0 saturated heterocycles. The molecule has 0 aliphatic heterocycles. The Balaban J connectivity index is 2.77. The number of ether oxygens (including phenoxy) is 1. The molecule has 1 aromatic carbocycles. The number of anilines is 1. The van der Waals surface area contributed by atoms with Crippen LogP contribution in [0.25, 0.3) is 0 Å². The van der Waals surface area contributed by atoms with Crippen molar-refractivity contribution in [3.8, 4) is 0 Å². The lowest BCUT2D eigenvalue weighted by molar-refractivity contribution is 0.0799. The first kappa shape index (κ1) is 15.2. The quantitative estimate of drug-likeness (QED) is 0.781. The molecule has 0 aliphatic carbocycles. The topological polar surface area (TPSA) is 81.4 Å². The van der Waals surface area contributed by atoms with Gasteiger partial charge in [0.05, 0.1) is 21.7 Å². The number of hydrogen-bond acceptors (Lipinski definition) is 4.